The predicted molar refractivity (Wildman–Crippen MR) is 140 cm³/mol. The highest BCUT2D eigenvalue weighted by atomic mass is 35.5. The first-order chi connectivity index (χ1) is 16.9. The second-order valence-electron chi connectivity index (χ2n) is 10.2. The fraction of sp³-hybridized carbons (Fsp3) is 0.407. The molecule has 3 atom stereocenters. The van der Waals surface area contributed by atoms with Crippen molar-refractivity contribution in [2.45, 2.75) is 56.5 Å². The van der Waals surface area contributed by atoms with Gasteiger partial charge in [0.1, 0.15) is 6.10 Å². The Hall–Kier alpha value is -2.53. The first-order valence-corrected chi connectivity index (χ1v) is 14.2. The minimum atomic E-state index is -3.57. The van der Waals surface area contributed by atoms with Crippen LogP contribution in [0, 0.1) is 17.2 Å². The molecule has 0 N–H and O–H groups in total. The van der Waals surface area contributed by atoms with Crippen LogP contribution in [0.4, 0.5) is 0 Å². The van der Waals surface area contributed by atoms with Gasteiger partial charge in [-0.25, -0.2) is 8.42 Å². The Kier molecular flexibility index (Phi) is 7.43. The first kappa shape index (κ1) is 26.5. The third kappa shape index (κ3) is 5.41. The zero-order chi connectivity index (χ0) is 26.3. The summed E-state index contributed by atoms with van der Waals surface area (Å²) in [6.07, 6.45) is 2.00. The third-order valence-electron chi connectivity index (χ3n) is 6.72. The summed E-state index contributed by atoms with van der Waals surface area (Å²) in [5.74, 6) is -0.774. The lowest BCUT2D eigenvalue weighted by Gasteiger charge is -2.46. The Morgan fingerprint density at radius 2 is 1.78 bits per heavy atom. The van der Waals surface area contributed by atoms with Crippen LogP contribution < -0.4 is 0 Å². The van der Waals surface area contributed by atoms with Crippen molar-refractivity contribution in [1.29, 1.82) is 5.26 Å². The lowest BCUT2D eigenvalue weighted by molar-refractivity contribution is -0.151. The molecule has 2 fully saturated rings. The SMILES string of the molecule is CC(C)(C)S(=O)(=O)C[C@H](C1CC1)N1C(=O)/C(=C/C#N)O[C@H](c2cccc(Cl)c2)[C@H]1c1ccc(Cl)cc1. The van der Waals surface area contributed by atoms with Crippen LogP contribution in [0.3, 0.4) is 0 Å². The van der Waals surface area contributed by atoms with Gasteiger partial charge in [0.05, 0.1) is 28.7 Å². The fourth-order valence-corrected chi connectivity index (χ4v) is 6.20. The summed E-state index contributed by atoms with van der Waals surface area (Å²) < 4.78 is 31.9. The number of allylic oxidation sites excluding steroid dienone is 1. The van der Waals surface area contributed by atoms with Crippen molar-refractivity contribution in [1.82, 2.24) is 4.90 Å². The van der Waals surface area contributed by atoms with E-state index in [2.05, 4.69) is 0 Å². The van der Waals surface area contributed by atoms with Gasteiger partial charge < -0.3 is 9.64 Å². The van der Waals surface area contributed by atoms with Crippen molar-refractivity contribution < 1.29 is 17.9 Å². The van der Waals surface area contributed by atoms with E-state index in [-0.39, 0.29) is 17.4 Å². The van der Waals surface area contributed by atoms with Crippen LogP contribution in [0.2, 0.25) is 10.0 Å². The van der Waals surface area contributed by atoms with Gasteiger partial charge in [-0.15, -0.1) is 0 Å². The van der Waals surface area contributed by atoms with Crippen LogP contribution in [0.25, 0.3) is 0 Å². The standard InChI is InChI=1S/C27H28Cl2N2O4S/c1-27(2,3)36(33,34)16-22(17-7-8-17)31-24(18-9-11-20(28)12-10-18)25(19-5-4-6-21(29)15-19)35-23(13-14-30)26(31)32/h4-6,9-13,15,17,22,24-25H,7-8,16H2,1-3H3/b23-13-/t22-,24-,25-/m1/s1. The van der Waals surface area contributed by atoms with Crippen molar-refractivity contribution >= 4 is 38.9 Å². The number of ether oxygens (including phenoxy) is 1. The van der Waals surface area contributed by atoms with Gasteiger partial charge in [-0.05, 0) is 74.9 Å². The van der Waals surface area contributed by atoms with Crippen molar-refractivity contribution in [3.63, 3.8) is 0 Å². The number of hydrogen-bond acceptors (Lipinski definition) is 5. The summed E-state index contributed by atoms with van der Waals surface area (Å²) in [6, 6.07) is 14.9. The molecule has 1 saturated heterocycles. The predicted octanol–water partition coefficient (Wildman–Crippen LogP) is 6.03. The molecule has 9 heteroatoms. The summed E-state index contributed by atoms with van der Waals surface area (Å²) in [5, 5.41) is 10.4. The average Bonchev–Trinajstić information content (AvgIpc) is 3.64. The number of nitriles is 1. The van der Waals surface area contributed by atoms with Gasteiger partial charge >= 0.3 is 0 Å². The maximum absolute atomic E-state index is 13.9. The largest absolute Gasteiger partial charge is 0.477 e. The first-order valence-electron chi connectivity index (χ1n) is 11.8. The number of sulfone groups is 1. The highest BCUT2D eigenvalue weighted by molar-refractivity contribution is 7.92. The van der Waals surface area contributed by atoms with Gasteiger partial charge in [0.25, 0.3) is 5.91 Å². The molecule has 190 valence electrons. The number of hydrogen-bond donors (Lipinski definition) is 0. The Morgan fingerprint density at radius 3 is 2.33 bits per heavy atom. The van der Waals surface area contributed by atoms with Crippen LogP contribution in [-0.4, -0.2) is 35.8 Å². The van der Waals surface area contributed by atoms with Crippen molar-refractivity contribution in [3.8, 4) is 6.07 Å². The molecular weight excluding hydrogens is 519 g/mol. The van der Waals surface area contributed by atoms with Gasteiger partial charge in [-0.3, -0.25) is 4.79 Å². The van der Waals surface area contributed by atoms with Gasteiger partial charge in [0.2, 0.25) is 0 Å². The molecule has 1 heterocycles. The molecule has 36 heavy (non-hydrogen) atoms. The Bertz CT molecular complexity index is 1320. The van der Waals surface area contributed by atoms with E-state index in [1.165, 1.54) is 0 Å². The molecule has 6 nitrogen and oxygen atoms in total. The quantitative estimate of drug-likeness (QED) is 0.325. The molecule has 2 aliphatic rings. The van der Waals surface area contributed by atoms with Crippen molar-refractivity contribution in [3.05, 3.63) is 81.5 Å². The molecule has 1 aliphatic heterocycles. The van der Waals surface area contributed by atoms with Gasteiger partial charge in [-0.2, -0.15) is 5.26 Å². The summed E-state index contributed by atoms with van der Waals surface area (Å²) in [6.45, 7) is 5.00. The summed E-state index contributed by atoms with van der Waals surface area (Å²) in [7, 11) is -3.57. The van der Waals surface area contributed by atoms with Crippen LogP contribution >= 0.6 is 23.2 Å². The van der Waals surface area contributed by atoms with E-state index in [4.69, 9.17) is 27.9 Å². The van der Waals surface area contributed by atoms with Gasteiger partial charge in [0.15, 0.2) is 15.6 Å². The monoisotopic (exact) mass is 546 g/mol. The van der Waals surface area contributed by atoms with Crippen LogP contribution in [0.1, 0.15) is 56.9 Å². The average molecular weight is 548 g/mol. The highest BCUT2D eigenvalue weighted by Gasteiger charge is 2.51. The number of carbonyl (C=O) groups is 1. The lowest BCUT2D eigenvalue weighted by Crippen LogP contribution is -2.54. The Balaban J connectivity index is 1.91. The second-order valence-corrected chi connectivity index (χ2v) is 13.9. The van der Waals surface area contributed by atoms with Crippen molar-refractivity contribution in [2.24, 2.45) is 5.92 Å². The van der Waals surface area contributed by atoms with Crippen molar-refractivity contribution in [2.75, 3.05) is 5.75 Å². The summed E-state index contributed by atoms with van der Waals surface area (Å²) >= 11 is 12.5. The molecule has 0 spiro atoms. The number of halogens is 2. The van der Waals surface area contributed by atoms with Crippen LogP contribution in [0.5, 0.6) is 0 Å². The molecule has 0 bridgehead atoms. The van der Waals surface area contributed by atoms with E-state index < -0.39 is 38.7 Å². The van der Waals surface area contributed by atoms with E-state index in [1.54, 1.807) is 56.0 Å². The van der Waals surface area contributed by atoms with E-state index >= 15 is 0 Å². The topological polar surface area (TPSA) is 87.5 Å². The molecule has 1 amide bonds. The minimum Gasteiger partial charge on any atom is -0.477 e. The summed E-state index contributed by atoms with van der Waals surface area (Å²) in [5.41, 5.74) is 1.45. The number of nitrogens with zero attached hydrogens (tertiary/aromatic N) is 2. The number of rotatable bonds is 6. The number of amides is 1. The van der Waals surface area contributed by atoms with E-state index in [0.717, 1.165) is 24.5 Å². The molecule has 1 aliphatic carbocycles. The molecule has 2 aromatic carbocycles. The van der Waals surface area contributed by atoms with E-state index in [0.29, 0.717) is 15.6 Å². The maximum atomic E-state index is 13.9. The lowest BCUT2D eigenvalue weighted by atomic mass is 9.90. The Morgan fingerprint density at radius 1 is 1.11 bits per heavy atom. The second kappa shape index (κ2) is 10.1. The number of benzene rings is 2. The van der Waals surface area contributed by atoms with E-state index in [1.807, 2.05) is 24.3 Å². The third-order valence-corrected chi connectivity index (χ3v) is 9.85. The normalized spacial score (nSPS) is 22.7. The van der Waals surface area contributed by atoms with E-state index in [9.17, 15) is 18.5 Å². The molecule has 1 saturated carbocycles. The molecule has 0 unspecified atom stereocenters. The molecule has 0 radical (unpaired) electrons. The molecule has 4 rings (SSSR count). The Labute approximate surface area is 222 Å². The maximum Gasteiger partial charge on any atom is 0.290 e. The summed E-state index contributed by atoms with van der Waals surface area (Å²) in [4.78, 5) is 15.5. The highest BCUT2D eigenvalue weighted by Crippen LogP contribution is 2.48. The van der Waals surface area contributed by atoms with Gasteiger partial charge in [-0.1, -0.05) is 47.5 Å². The fourth-order valence-electron chi connectivity index (χ4n) is 4.49. The minimum absolute atomic E-state index is 0.0299. The van der Waals surface area contributed by atoms with Crippen LogP contribution in [0.15, 0.2) is 60.4 Å². The smallest absolute Gasteiger partial charge is 0.290 e. The zero-order valence-electron chi connectivity index (χ0n) is 20.3. The number of morpholine rings is 1. The molecular formula is C27H28Cl2N2O4S. The number of carbonyl (C=O) groups excluding carboxylic acids is 1. The molecule has 0 aromatic heterocycles. The zero-order valence-corrected chi connectivity index (χ0v) is 22.6. The molecule has 2 aromatic rings. The van der Waals surface area contributed by atoms with Gasteiger partial charge in [0, 0.05) is 16.1 Å². The van der Waals surface area contributed by atoms with Crippen LogP contribution in [-0.2, 0) is 19.4 Å².